The molecule has 0 aliphatic carbocycles. The molecular weight excluding hydrogens is 346 g/mol. The van der Waals surface area contributed by atoms with Gasteiger partial charge in [-0.3, -0.25) is 4.79 Å². The van der Waals surface area contributed by atoms with E-state index in [0.29, 0.717) is 44.1 Å². The maximum atomic E-state index is 12.8. The number of nitrogens with one attached hydrogen (secondary N) is 1. The molecule has 3 rings (SSSR count). The van der Waals surface area contributed by atoms with Gasteiger partial charge in [-0.25, -0.2) is 9.78 Å². The first-order chi connectivity index (χ1) is 12.8. The van der Waals surface area contributed by atoms with Crippen LogP contribution < -0.4 is 5.69 Å². The number of nitrogens with zero attached hydrogens (tertiary/aromatic N) is 4. The fourth-order valence-electron chi connectivity index (χ4n) is 3.62. The SMILES string of the molecule is CC(C)Cc1cc(C(=O)N2CCC([C@H](O)c3nccn3C)CC2)nc(=O)[nH]1. The van der Waals surface area contributed by atoms with Gasteiger partial charge in [-0.15, -0.1) is 0 Å². The Morgan fingerprint density at radius 3 is 2.67 bits per heavy atom. The fraction of sp³-hybridized carbons (Fsp3) is 0.579. The van der Waals surface area contributed by atoms with Crippen LogP contribution in [-0.4, -0.2) is 48.5 Å². The summed E-state index contributed by atoms with van der Waals surface area (Å²) in [7, 11) is 1.86. The number of hydrogen-bond donors (Lipinski definition) is 2. The summed E-state index contributed by atoms with van der Waals surface area (Å²) in [6.45, 7) is 5.16. The summed E-state index contributed by atoms with van der Waals surface area (Å²) in [5, 5.41) is 10.6. The number of aromatic nitrogens is 4. The molecule has 3 heterocycles. The van der Waals surface area contributed by atoms with Crippen LogP contribution in [0.4, 0.5) is 0 Å². The molecule has 1 atom stereocenters. The molecule has 0 saturated carbocycles. The number of hydrogen-bond acceptors (Lipinski definition) is 5. The number of aliphatic hydroxyl groups excluding tert-OH is 1. The highest BCUT2D eigenvalue weighted by Gasteiger charge is 2.31. The van der Waals surface area contributed by atoms with E-state index in [0.717, 1.165) is 5.69 Å². The van der Waals surface area contributed by atoms with E-state index in [2.05, 4.69) is 28.8 Å². The Kier molecular flexibility index (Phi) is 5.74. The van der Waals surface area contributed by atoms with Crippen molar-refractivity contribution in [1.29, 1.82) is 0 Å². The minimum absolute atomic E-state index is 0.0544. The lowest BCUT2D eigenvalue weighted by molar-refractivity contribution is 0.0416. The maximum absolute atomic E-state index is 12.8. The van der Waals surface area contributed by atoms with Crippen LogP contribution in [0.1, 0.15) is 54.8 Å². The number of amides is 1. The average Bonchev–Trinajstić information content (AvgIpc) is 3.05. The molecule has 0 radical (unpaired) electrons. The van der Waals surface area contributed by atoms with Gasteiger partial charge in [0.25, 0.3) is 5.91 Å². The number of carbonyl (C=O) groups excluding carboxylic acids is 1. The van der Waals surface area contributed by atoms with Crippen molar-refractivity contribution < 1.29 is 9.90 Å². The molecule has 1 fully saturated rings. The second-order valence-corrected chi connectivity index (χ2v) is 7.67. The molecule has 1 saturated heterocycles. The second kappa shape index (κ2) is 8.04. The monoisotopic (exact) mass is 373 g/mol. The summed E-state index contributed by atoms with van der Waals surface area (Å²) in [5.41, 5.74) is 0.433. The van der Waals surface area contributed by atoms with E-state index in [-0.39, 0.29) is 17.5 Å². The molecule has 0 unspecified atom stereocenters. The van der Waals surface area contributed by atoms with Crippen molar-refractivity contribution in [3.63, 3.8) is 0 Å². The van der Waals surface area contributed by atoms with E-state index in [1.54, 1.807) is 17.2 Å². The number of piperidine rings is 1. The molecule has 27 heavy (non-hydrogen) atoms. The van der Waals surface area contributed by atoms with Gasteiger partial charge in [0.1, 0.15) is 17.6 Å². The van der Waals surface area contributed by atoms with Crippen LogP contribution in [0.3, 0.4) is 0 Å². The molecular formula is C19H27N5O3. The second-order valence-electron chi connectivity index (χ2n) is 7.67. The number of aromatic amines is 1. The van der Waals surface area contributed by atoms with Gasteiger partial charge in [-0.2, -0.15) is 4.98 Å². The fourth-order valence-corrected chi connectivity index (χ4v) is 3.62. The van der Waals surface area contributed by atoms with Gasteiger partial charge in [-0.05, 0) is 37.2 Å². The van der Waals surface area contributed by atoms with Crippen LogP contribution in [0.2, 0.25) is 0 Å². The van der Waals surface area contributed by atoms with Gasteiger partial charge in [0.05, 0.1) is 0 Å². The zero-order valence-corrected chi connectivity index (χ0v) is 16.1. The highest BCUT2D eigenvalue weighted by Crippen LogP contribution is 2.30. The van der Waals surface area contributed by atoms with E-state index >= 15 is 0 Å². The first-order valence-corrected chi connectivity index (χ1v) is 9.40. The summed E-state index contributed by atoms with van der Waals surface area (Å²) in [6.07, 6.45) is 4.90. The summed E-state index contributed by atoms with van der Waals surface area (Å²) in [4.78, 5) is 37.1. The molecule has 2 aromatic rings. The molecule has 2 N–H and O–H groups in total. The number of aliphatic hydroxyl groups is 1. The van der Waals surface area contributed by atoms with Crippen LogP contribution in [-0.2, 0) is 13.5 Å². The van der Waals surface area contributed by atoms with Crippen LogP contribution in [0.5, 0.6) is 0 Å². The van der Waals surface area contributed by atoms with Crippen molar-refractivity contribution in [3.8, 4) is 0 Å². The normalized spacial score (nSPS) is 16.7. The summed E-state index contributed by atoms with van der Waals surface area (Å²) < 4.78 is 1.82. The topological polar surface area (TPSA) is 104 Å². The number of imidazole rings is 1. The van der Waals surface area contributed by atoms with Crippen molar-refractivity contribution in [2.24, 2.45) is 18.9 Å². The Bertz CT molecular complexity index is 849. The third-order valence-corrected chi connectivity index (χ3v) is 5.04. The van der Waals surface area contributed by atoms with E-state index in [1.165, 1.54) is 0 Å². The van der Waals surface area contributed by atoms with Gasteiger partial charge >= 0.3 is 5.69 Å². The molecule has 1 aliphatic heterocycles. The standard InChI is InChI=1S/C19H27N5O3/c1-12(2)10-14-11-15(22-19(27)21-14)18(26)24-7-4-13(5-8-24)16(25)17-20-6-9-23(17)3/h6,9,11-13,16,25H,4-5,7-8,10H2,1-3H3,(H,21,22,27)/t16-/m0/s1. The highest BCUT2D eigenvalue weighted by atomic mass is 16.3. The summed E-state index contributed by atoms with van der Waals surface area (Å²) in [5.74, 6) is 0.846. The summed E-state index contributed by atoms with van der Waals surface area (Å²) >= 11 is 0. The first kappa shape index (κ1) is 19.3. The predicted molar refractivity (Wildman–Crippen MR) is 100 cm³/mol. The molecule has 1 aliphatic rings. The number of aryl methyl sites for hydroxylation is 1. The average molecular weight is 373 g/mol. The Labute approximate surface area is 158 Å². The molecule has 0 aromatic carbocycles. The first-order valence-electron chi connectivity index (χ1n) is 9.40. The van der Waals surface area contributed by atoms with E-state index in [4.69, 9.17) is 0 Å². The molecule has 146 valence electrons. The number of carbonyl (C=O) groups is 1. The van der Waals surface area contributed by atoms with Crippen LogP contribution in [0.25, 0.3) is 0 Å². The Morgan fingerprint density at radius 2 is 2.07 bits per heavy atom. The smallest absolute Gasteiger partial charge is 0.345 e. The molecule has 0 bridgehead atoms. The Hall–Kier alpha value is -2.48. The molecule has 2 aromatic heterocycles. The Morgan fingerprint density at radius 1 is 1.37 bits per heavy atom. The largest absolute Gasteiger partial charge is 0.385 e. The van der Waals surface area contributed by atoms with Crippen molar-refractivity contribution in [1.82, 2.24) is 24.4 Å². The zero-order valence-electron chi connectivity index (χ0n) is 16.1. The van der Waals surface area contributed by atoms with Crippen molar-refractivity contribution in [2.75, 3.05) is 13.1 Å². The van der Waals surface area contributed by atoms with E-state index < -0.39 is 11.8 Å². The van der Waals surface area contributed by atoms with Gasteiger partial charge in [0.2, 0.25) is 0 Å². The van der Waals surface area contributed by atoms with Crippen LogP contribution >= 0.6 is 0 Å². The molecule has 0 spiro atoms. The highest BCUT2D eigenvalue weighted by molar-refractivity contribution is 5.92. The third-order valence-electron chi connectivity index (χ3n) is 5.04. The lowest BCUT2D eigenvalue weighted by Crippen LogP contribution is -2.41. The quantitative estimate of drug-likeness (QED) is 0.822. The lowest BCUT2D eigenvalue weighted by Gasteiger charge is -2.33. The minimum Gasteiger partial charge on any atom is -0.385 e. The molecule has 8 heteroatoms. The minimum atomic E-state index is -0.641. The molecule has 1 amide bonds. The van der Waals surface area contributed by atoms with E-state index in [9.17, 15) is 14.7 Å². The number of H-pyrrole nitrogens is 1. The predicted octanol–water partition coefficient (Wildman–Crippen LogP) is 1.29. The summed E-state index contributed by atoms with van der Waals surface area (Å²) in [6, 6.07) is 1.68. The van der Waals surface area contributed by atoms with Crippen LogP contribution in [0.15, 0.2) is 23.3 Å². The number of likely N-dealkylation sites (tertiary alicyclic amines) is 1. The van der Waals surface area contributed by atoms with Crippen molar-refractivity contribution in [2.45, 2.75) is 39.2 Å². The van der Waals surface area contributed by atoms with E-state index in [1.807, 2.05) is 17.8 Å². The van der Waals surface area contributed by atoms with Crippen LogP contribution in [0, 0.1) is 11.8 Å². The van der Waals surface area contributed by atoms with Crippen molar-refractivity contribution >= 4 is 5.91 Å². The lowest BCUT2D eigenvalue weighted by atomic mass is 9.90. The number of rotatable bonds is 5. The Balaban J connectivity index is 1.66. The molecule has 8 nitrogen and oxygen atoms in total. The van der Waals surface area contributed by atoms with Crippen molar-refractivity contribution in [3.05, 3.63) is 46.2 Å². The van der Waals surface area contributed by atoms with Gasteiger partial charge < -0.3 is 19.6 Å². The van der Waals surface area contributed by atoms with Gasteiger partial charge in [-0.1, -0.05) is 13.8 Å². The van der Waals surface area contributed by atoms with Gasteiger partial charge in [0, 0.05) is 38.2 Å². The van der Waals surface area contributed by atoms with Gasteiger partial charge in [0.15, 0.2) is 0 Å². The zero-order chi connectivity index (χ0) is 19.6. The third kappa shape index (κ3) is 4.44. The maximum Gasteiger partial charge on any atom is 0.345 e.